The summed E-state index contributed by atoms with van der Waals surface area (Å²) in [6.07, 6.45) is 0. The molecule has 1 aromatic carbocycles. The Hall–Kier alpha value is -1.31. The van der Waals surface area contributed by atoms with Crippen LogP contribution in [0.5, 0.6) is 0 Å². The number of hydrogen-bond donors (Lipinski definition) is 1. The molecular weight excluding hydrogens is 374 g/mol. The molecule has 0 aliphatic heterocycles. The van der Waals surface area contributed by atoms with E-state index in [0.717, 1.165) is 17.0 Å². The summed E-state index contributed by atoms with van der Waals surface area (Å²) >= 11 is 4.67. The molecule has 0 radical (unpaired) electrons. The lowest BCUT2D eigenvalue weighted by Gasteiger charge is -2.19. The smallest absolute Gasteiger partial charge is 0.238 e. The lowest BCUT2D eigenvalue weighted by Crippen LogP contribution is -2.32. The lowest BCUT2D eigenvalue weighted by molar-refractivity contribution is -0.117. The second kappa shape index (κ2) is 7.80. The highest BCUT2D eigenvalue weighted by Gasteiger charge is 2.15. The number of halogens is 3. The van der Waals surface area contributed by atoms with Crippen LogP contribution in [0, 0.1) is 11.6 Å². The fourth-order valence-electron chi connectivity index (χ4n) is 1.95. The van der Waals surface area contributed by atoms with Crippen molar-refractivity contribution < 1.29 is 13.6 Å². The Kier molecular flexibility index (Phi) is 6.05. The summed E-state index contributed by atoms with van der Waals surface area (Å²) in [6, 6.07) is 5.81. The third-order valence-corrected chi connectivity index (χ3v) is 4.53. The summed E-state index contributed by atoms with van der Waals surface area (Å²) in [4.78, 5) is 15.2. The van der Waals surface area contributed by atoms with E-state index in [9.17, 15) is 13.6 Å². The molecule has 0 aliphatic rings. The van der Waals surface area contributed by atoms with Crippen molar-refractivity contribution >= 4 is 38.9 Å². The number of thiophene rings is 1. The van der Waals surface area contributed by atoms with Gasteiger partial charge in [0.05, 0.1) is 12.2 Å². The third kappa shape index (κ3) is 4.59. The normalized spacial score (nSPS) is 11.0. The van der Waals surface area contributed by atoms with Gasteiger partial charge in [-0.2, -0.15) is 0 Å². The second-order valence-corrected chi connectivity index (χ2v) is 6.56. The van der Waals surface area contributed by atoms with Crippen LogP contribution in [-0.2, 0) is 11.3 Å². The van der Waals surface area contributed by atoms with Crippen LogP contribution in [0.15, 0.2) is 34.1 Å². The number of anilines is 1. The topological polar surface area (TPSA) is 32.3 Å². The zero-order valence-corrected chi connectivity index (χ0v) is 14.3. The first kappa shape index (κ1) is 17.1. The molecule has 0 saturated heterocycles. The molecule has 1 amide bonds. The molecule has 1 aromatic heterocycles. The maximum absolute atomic E-state index is 13.7. The van der Waals surface area contributed by atoms with Crippen LogP contribution in [0.25, 0.3) is 0 Å². The Morgan fingerprint density at radius 1 is 1.41 bits per heavy atom. The predicted molar refractivity (Wildman–Crippen MR) is 88.0 cm³/mol. The number of nitrogens with zero attached hydrogens (tertiary/aromatic N) is 1. The maximum Gasteiger partial charge on any atom is 0.238 e. The number of carbonyl (C=O) groups is 1. The number of rotatable bonds is 6. The zero-order valence-electron chi connectivity index (χ0n) is 11.9. The van der Waals surface area contributed by atoms with Crippen LogP contribution in [-0.4, -0.2) is 23.9 Å². The van der Waals surface area contributed by atoms with Crippen LogP contribution >= 0.6 is 27.3 Å². The second-order valence-electron chi connectivity index (χ2n) is 4.68. The van der Waals surface area contributed by atoms with E-state index >= 15 is 0 Å². The summed E-state index contributed by atoms with van der Waals surface area (Å²) in [5, 5.41) is 4.46. The quantitative estimate of drug-likeness (QED) is 0.801. The van der Waals surface area contributed by atoms with E-state index in [1.165, 1.54) is 0 Å². The molecular formula is C15H15BrF2N2OS. The minimum Gasteiger partial charge on any atom is -0.322 e. The van der Waals surface area contributed by atoms with Crippen LogP contribution < -0.4 is 5.32 Å². The van der Waals surface area contributed by atoms with Crippen LogP contribution in [0.2, 0.25) is 0 Å². The summed E-state index contributed by atoms with van der Waals surface area (Å²) in [7, 11) is 0. The molecule has 2 aromatic rings. The maximum atomic E-state index is 13.7. The number of nitrogens with one attached hydrogen (secondary N) is 1. The van der Waals surface area contributed by atoms with E-state index in [4.69, 9.17) is 0 Å². The molecule has 0 aliphatic carbocycles. The summed E-state index contributed by atoms with van der Waals surface area (Å²) in [5.41, 5.74) is -0.0430. The van der Waals surface area contributed by atoms with E-state index in [1.807, 2.05) is 29.3 Å². The first-order valence-corrected chi connectivity index (χ1v) is 8.36. The Labute approximate surface area is 140 Å². The molecule has 7 heteroatoms. The minimum atomic E-state index is -0.804. The molecule has 1 heterocycles. The SMILES string of the molecule is CCN(CC(=O)Nc1c(F)cc(F)cc1Br)Cc1cccs1. The van der Waals surface area contributed by atoms with Crippen molar-refractivity contribution in [2.24, 2.45) is 0 Å². The Bertz CT molecular complexity index is 626. The molecule has 3 nitrogen and oxygen atoms in total. The molecule has 0 spiro atoms. The highest BCUT2D eigenvalue weighted by molar-refractivity contribution is 9.10. The standard InChI is InChI=1S/C15H15BrF2N2OS/c1-2-20(8-11-4-3-5-22-11)9-14(21)19-15-12(16)6-10(17)7-13(15)18/h3-7H,2,8-9H2,1H3,(H,19,21). The molecule has 22 heavy (non-hydrogen) atoms. The highest BCUT2D eigenvalue weighted by atomic mass is 79.9. The fraction of sp³-hybridized carbons (Fsp3) is 0.267. The van der Waals surface area contributed by atoms with Gasteiger partial charge in [0.15, 0.2) is 5.82 Å². The molecule has 2 rings (SSSR count). The first-order valence-electron chi connectivity index (χ1n) is 6.68. The van der Waals surface area contributed by atoms with Gasteiger partial charge in [-0.25, -0.2) is 8.78 Å². The number of hydrogen-bond acceptors (Lipinski definition) is 3. The van der Waals surface area contributed by atoms with Gasteiger partial charge < -0.3 is 5.32 Å². The molecule has 118 valence electrons. The number of likely N-dealkylation sites (N-methyl/N-ethyl adjacent to an activating group) is 1. The molecule has 1 N–H and O–H groups in total. The average molecular weight is 389 g/mol. The summed E-state index contributed by atoms with van der Waals surface area (Å²) in [5.74, 6) is -1.85. The van der Waals surface area contributed by atoms with Crippen LogP contribution in [0.4, 0.5) is 14.5 Å². The van der Waals surface area contributed by atoms with Gasteiger partial charge >= 0.3 is 0 Å². The summed E-state index contributed by atoms with van der Waals surface area (Å²) < 4.78 is 26.9. The van der Waals surface area contributed by atoms with E-state index in [1.54, 1.807) is 11.3 Å². The number of benzene rings is 1. The third-order valence-electron chi connectivity index (χ3n) is 3.05. The number of amides is 1. The molecule has 0 bridgehead atoms. The van der Waals surface area contributed by atoms with Gasteiger partial charge in [-0.1, -0.05) is 13.0 Å². The van der Waals surface area contributed by atoms with Crippen LogP contribution in [0.3, 0.4) is 0 Å². The van der Waals surface area contributed by atoms with Gasteiger partial charge in [0.2, 0.25) is 5.91 Å². The van der Waals surface area contributed by atoms with Crippen molar-refractivity contribution in [2.45, 2.75) is 13.5 Å². The van der Waals surface area contributed by atoms with Gasteiger partial charge in [0, 0.05) is 22.0 Å². The van der Waals surface area contributed by atoms with Gasteiger partial charge in [0.1, 0.15) is 5.82 Å². The van der Waals surface area contributed by atoms with Crippen molar-refractivity contribution in [3.8, 4) is 0 Å². The lowest BCUT2D eigenvalue weighted by atomic mass is 10.3. The first-order chi connectivity index (χ1) is 10.5. The van der Waals surface area contributed by atoms with E-state index in [-0.39, 0.29) is 22.6 Å². The van der Waals surface area contributed by atoms with Gasteiger partial charge in [-0.3, -0.25) is 9.69 Å². The van der Waals surface area contributed by atoms with Crippen molar-refractivity contribution in [3.63, 3.8) is 0 Å². The Morgan fingerprint density at radius 2 is 2.18 bits per heavy atom. The van der Waals surface area contributed by atoms with E-state index in [2.05, 4.69) is 21.2 Å². The molecule has 0 atom stereocenters. The Balaban J connectivity index is 2.00. The molecule has 0 fully saturated rings. The van der Waals surface area contributed by atoms with Crippen molar-refractivity contribution in [2.75, 3.05) is 18.4 Å². The molecule has 0 unspecified atom stereocenters. The van der Waals surface area contributed by atoms with E-state index < -0.39 is 11.6 Å². The van der Waals surface area contributed by atoms with Gasteiger partial charge in [-0.05, 0) is 40.0 Å². The van der Waals surface area contributed by atoms with Crippen LogP contribution in [0.1, 0.15) is 11.8 Å². The van der Waals surface area contributed by atoms with Gasteiger partial charge in [0.25, 0.3) is 0 Å². The minimum absolute atomic E-state index is 0.0430. The summed E-state index contributed by atoms with van der Waals surface area (Å²) in [6.45, 7) is 3.44. The van der Waals surface area contributed by atoms with Crippen molar-refractivity contribution in [1.82, 2.24) is 4.90 Å². The average Bonchev–Trinajstić information content (AvgIpc) is 2.95. The van der Waals surface area contributed by atoms with Crippen molar-refractivity contribution in [3.05, 3.63) is 50.6 Å². The highest BCUT2D eigenvalue weighted by Crippen LogP contribution is 2.26. The largest absolute Gasteiger partial charge is 0.322 e. The zero-order chi connectivity index (χ0) is 16.1. The predicted octanol–water partition coefficient (Wildman–Crippen LogP) is 4.25. The monoisotopic (exact) mass is 388 g/mol. The van der Waals surface area contributed by atoms with Crippen molar-refractivity contribution in [1.29, 1.82) is 0 Å². The number of carbonyl (C=O) groups excluding carboxylic acids is 1. The van der Waals surface area contributed by atoms with E-state index in [0.29, 0.717) is 13.1 Å². The van der Waals surface area contributed by atoms with Gasteiger partial charge in [-0.15, -0.1) is 11.3 Å². The fourth-order valence-corrected chi connectivity index (χ4v) is 3.20. The Morgan fingerprint density at radius 3 is 2.77 bits per heavy atom. The molecule has 0 saturated carbocycles.